The second-order valence-electron chi connectivity index (χ2n) is 2.81. The summed E-state index contributed by atoms with van der Waals surface area (Å²) in [7, 11) is 0. The Hall–Kier alpha value is -1.38. The van der Waals surface area contributed by atoms with Gasteiger partial charge in [-0.2, -0.15) is 0 Å². The zero-order chi connectivity index (χ0) is 9.14. The summed E-state index contributed by atoms with van der Waals surface area (Å²) >= 11 is 0. The number of ether oxygens (including phenoxy) is 1. The fourth-order valence-electron chi connectivity index (χ4n) is 0.919. The third-order valence-electron chi connectivity index (χ3n) is 1.52. The predicted octanol–water partition coefficient (Wildman–Crippen LogP) is 1.21. The summed E-state index contributed by atoms with van der Waals surface area (Å²) in [5.74, 6) is -1.32. The Kier molecular flexibility index (Phi) is 2.43. The second kappa shape index (κ2) is 3.34. The van der Waals surface area contributed by atoms with Gasteiger partial charge in [-0.25, -0.2) is 0 Å². The number of rotatable bonds is 2. The minimum absolute atomic E-state index is 0.155. The van der Waals surface area contributed by atoms with E-state index in [4.69, 9.17) is 0 Å². The quantitative estimate of drug-likeness (QED) is 0.352. The summed E-state index contributed by atoms with van der Waals surface area (Å²) < 4.78 is 4.35. The summed E-state index contributed by atoms with van der Waals surface area (Å²) in [5.41, 5.74) is 0.849. The van der Waals surface area contributed by atoms with Crippen LogP contribution in [-0.2, 0) is 14.3 Å². The zero-order valence-electron chi connectivity index (χ0n) is 6.87. The van der Waals surface area contributed by atoms with Crippen molar-refractivity contribution in [3.05, 3.63) is 24.3 Å². The van der Waals surface area contributed by atoms with Crippen LogP contribution in [0.4, 0.5) is 0 Å². The lowest BCUT2D eigenvalue weighted by atomic mass is 10.1. The first-order valence-corrected chi connectivity index (χ1v) is 3.68. The van der Waals surface area contributed by atoms with E-state index in [1.165, 1.54) is 0 Å². The predicted molar refractivity (Wildman–Crippen MR) is 43.2 cm³/mol. The smallest absolute Gasteiger partial charge is 0.321 e. The fourth-order valence-corrected chi connectivity index (χ4v) is 0.919. The highest BCUT2D eigenvalue weighted by atomic mass is 16.6. The van der Waals surface area contributed by atoms with Crippen LogP contribution in [0.2, 0.25) is 0 Å². The van der Waals surface area contributed by atoms with Crippen molar-refractivity contribution < 1.29 is 14.3 Å². The molecule has 0 aromatic rings. The van der Waals surface area contributed by atoms with Gasteiger partial charge in [0.2, 0.25) is 0 Å². The number of allylic oxidation sites excluding steroid dienone is 2. The monoisotopic (exact) mass is 166 g/mol. The van der Waals surface area contributed by atoms with E-state index in [9.17, 15) is 9.59 Å². The van der Waals surface area contributed by atoms with Gasteiger partial charge in [-0.3, -0.25) is 9.59 Å². The lowest BCUT2D eigenvalue weighted by Crippen LogP contribution is -2.03. The minimum Gasteiger partial charge on any atom is -0.393 e. The minimum atomic E-state index is -0.461. The zero-order valence-corrected chi connectivity index (χ0v) is 6.87. The number of hydrogen-bond donors (Lipinski definition) is 0. The van der Waals surface area contributed by atoms with Gasteiger partial charge in [0.15, 0.2) is 0 Å². The molecule has 12 heavy (non-hydrogen) atoms. The molecule has 1 unspecified atom stereocenters. The van der Waals surface area contributed by atoms with Crippen LogP contribution in [0.25, 0.3) is 0 Å². The van der Waals surface area contributed by atoms with Crippen molar-refractivity contribution in [2.45, 2.75) is 13.3 Å². The van der Waals surface area contributed by atoms with Gasteiger partial charge < -0.3 is 4.74 Å². The van der Waals surface area contributed by atoms with Gasteiger partial charge in [0.1, 0.15) is 0 Å². The number of carbonyl (C=O) groups excluding carboxylic acids is 2. The summed E-state index contributed by atoms with van der Waals surface area (Å²) in [4.78, 5) is 21.5. The molecule has 0 aliphatic carbocycles. The highest BCUT2D eigenvalue weighted by Crippen LogP contribution is 2.17. The molecule has 1 aliphatic rings. The molecule has 0 aromatic heterocycles. The lowest BCUT2D eigenvalue weighted by Gasteiger charge is -1.93. The van der Waals surface area contributed by atoms with E-state index in [0.29, 0.717) is 0 Å². The van der Waals surface area contributed by atoms with Crippen molar-refractivity contribution in [2.75, 3.05) is 0 Å². The maximum atomic E-state index is 10.9. The standard InChI is InChI=1S/C9H10O3/c1-6(2)3-4-7-5-8(10)12-9(7)11/h3-4,7H,1,5H2,2H3/b4-3+. The molecular weight excluding hydrogens is 156 g/mol. The van der Waals surface area contributed by atoms with Crippen molar-refractivity contribution in [1.82, 2.24) is 0 Å². The fraction of sp³-hybridized carbons (Fsp3) is 0.333. The molecule has 0 aromatic carbocycles. The molecule has 1 heterocycles. The molecule has 0 amide bonds. The van der Waals surface area contributed by atoms with Gasteiger partial charge in [-0.1, -0.05) is 24.3 Å². The van der Waals surface area contributed by atoms with Crippen LogP contribution in [0, 0.1) is 5.92 Å². The second-order valence-corrected chi connectivity index (χ2v) is 2.81. The summed E-state index contributed by atoms with van der Waals surface area (Å²) in [6.45, 7) is 5.45. The molecule has 0 N–H and O–H groups in total. The highest BCUT2D eigenvalue weighted by molar-refractivity contribution is 5.95. The average Bonchev–Trinajstić information content (AvgIpc) is 2.26. The van der Waals surface area contributed by atoms with Crippen LogP contribution in [0.1, 0.15) is 13.3 Å². The molecule has 1 atom stereocenters. The first-order chi connectivity index (χ1) is 5.59. The van der Waals surface area contributed by atoms with Crippen molar-refractivity contribution in [3.63, 3.8) is 0 Å². The van der Waals surface area contributed by atoms with Gasteiger partial charge in [-0.15, -0.1) is 0 Å². The van der Waals surface area contributed by atoms with Gasteiger partial charge >= 0.3 is 11.9 Å². The van der Waals surface area contributed by atoms with E-state index >= 15 is 0 Å². The lowest BCUT2D eigenvalue weighted by molar-refractivity contribution is -0.152. The highest BCUT2D eigenvalue weighted by Gasteiger charge is 2.30. The Balaban J connectivity index is 2.59. The van der Waals surface area contributed by atoms with Gasteiger partial charge in [-0.05, 0) is 6.92 Å². The van der Waals surface area contributed by atoms with E-state index in [2.05, 4.69) is 11.3 Å². The Bertz CT molecular complexity index is 263. The van der Waals surface area contributed by atoms with E-state index in [-0.39, 0.29) is 6.42 Å². The summed E-state index contributed by atoms with van der Waals surface area (Å²) in [6, 6.07) is 0. The van der Waals surface area contributed by atoms with Crippen LogP contribution in [0.3, 0.4) is 0 Å². The Morgan fingerprint density at radius 3 is 2.75 bits per heavy atom. The van der Waals surface area contributed by atoms with E-state index < -0.39 is 17.9 Å². The molecule has 1 fully saturated rings. The van der Waals surface area contributed by atoms with Crippen molar-refractivity contribution >= 4 is 11.9 Å². The van der Waals surface area contributed by atoms with Crippen LogP contribution in [0.15, 0.2) is 24.3 Å². The SMILES string of the molecule is C=C(C)/C=C/C1CC(=O)OC1=O. The van der Waals surface area contributed by atoms with Crippen molar-refractivity contribution in [2.24, 2.45) is 5.92 Å². The molecular formula is C9H10O3. The molecule has 3 nitrogen and oxygen atoms in total. The van der Waals surface area contributed by atoms with E-state index in [0.717, 1.165) is 5.57 Å². The number of esters is 2. The molecule has 1 rings (SSSR count). The largest absolute Gasteiger partial charge is 0.393 e. The van der Waals surface area contributed by atoms with Crippen LogP contribution in [-0.4, -0.2) is 11.9 Å². The van der Waals surface area contributed by atoms with Gasteiger partial charge in [0.05, 0.1) is 12.3 Å². The topological polar surface area (TPSA) is 43.4 Å². The van der Waals surface area contributed by atoms with Crippen LogP contribution >= 0.6 is 0 Å². The first kappa shape index (κ1) is 8.71. The molecule has 64 valence electrons. The molecule has 1 aliphatic heterocycles. The van der Waals surface area contributed by atoms with Crippen molar-refractivity contribution in [1.29, 1.82) is 0 Å². The molecule has 0 saturated carbocycles. The Labute approximate surface area is 70.7 Å². The molecule has 0 radical (unpaired) electrons. The Morgan fingerprint density at radius 2 is 2.33 bits per heavy atom. The molecule has 0 spiro atoms. The van der Waals surface area contributed by atoms with Crippen molar-refractivity contribution in [3.8, 4) is 0 Å². The molecule has 0 bridgehead atoms. The molecule has 1 saturated heterocycles. The number of hydrogen-bond acceptors (Lipinski definition) is 3. The van der Waals surface area contributed by atoms with Gasteiger partial charge in [0, 0.05) is 0 Å². The third kappa shape index (κ3) is 2.05. The normalized spacial score (nSPS) is 23.2. The maximum absolute atomic E-state index is 10.9. The van der Waals surface area contributed by atoms with E-state index in [1.807, 2.05) is 6.92 Å². The summed E-state index contributed by atoms with van der Waals surface area (Å²) in [5, 5.41) is 0. The molecule has 3 heteroatoms. The number of cyclic esters (lactones) is 2. The number of carbonyl (C=O) groups is 2. The van der Waals surface area contributed by atoms with Gasteiger partial charge in [0.25, 0.3) is 0 Å². The Morgan fingerprint density at radius 1 is 1.67 bits per heavy atom. The van der Waals surface area contributed by atoms with Crippen LogP contribution in [0.5, 0.6) is 0 Å². The van der Waals surface area contributed by atoms with E-state index in [1.54, 1.807) is 12.2 Å². The average molecular weight is 166 g/mol. The van der Waals surface area contributed by atoms with Crippen LogP contribution < -0.4 is 0 Å². The maximum Gasteiger partial charge on any atom is 0.321 e. The first-order valence-electron chi connectivity index (χ1n) is 3.68. The third-order valence-corrected chi connectivity index (χ3v) is 1.52. The summed E-state index contributed by atoms with van der Waals surface area (Å²) in [6.07, 6.45) is 3.52.